The van der Waals surface area contributed by atoms with E-state index in [1.165, 1.54) is 70.9 Å². The molecule has 0 aliphatic carbocycles. The highest BCUT2D eigenvalue weighted by Gasteiger charge is 2.44. The van der Waals surface area contributed by atoms with Crippen molar-refractivity contribution in [3.63, 3.8) is 0 Å². The summed E-state index contributed by atoms with van der Waals surface area (Å²) in [6, 6.07) is 86.1. The molecule has 0 saturated heterocycles. The quantitative estimate of drug-likeness (QED) is 0.128. The van der Waals surface area contributed by atoms with Crippen LogP contribution in [-0.2, 0) is 0 Å². The lowest BCUT2D eigenvalue weighted by Gasteiger charge is -2.44. The molecule has 2 aliphatic heterocycles. The number of hydrogen-bond acceptors (Lipinski definition) is 4. The Morgan fingerprint density at radius 1 is 0.299 bits per heavy atom. The van der Waals surface area contributed by atoms with Crippen LogP contribution in [0.15, 0.2) is 237 Å². The molecule has 0 atom stereocenters. The Morgan fingerprint density at radius 3 is 1.22 bits per heavy atom. The highest BCUT2D eigenvalue weighted by molar-refractivity contribution is 7.00. The highest BCUT2D eigenvalue weighted by atomic mass is 15.2. The zero-order valence-electron chi connectivity index (χ0n) is 36.4. The average Bonchev–Trinajstić information content (AvgIpc) is 3.40. The average molecular weight is 851 g/mol. The summed E-state index contributed by atoms with van der Waals surface area (Å²) in [7, 11) is 0. The van der Waals surface area contributed by atoms with Crippen LogP contribution in [-0.4, -0.2) is 16.7 Å². The molecule has 0 radical (unpaired) electrons. The van der Waals surface area contributed by atoms with Crippen molar-refractivity contribution >= 4 is 100 Å². The van der Waals surface area contributed by atoms with Crippen LogP contribution in [0.4, 0.5) is 34.1 Å². The van der Waals surface area contributed by atoms with Crippen molar-refractivity contribution < 1.29 is 0 Å². The molecule has 310 valence electrons. The molecule has 11 aromatic carbocycles. The van der Waals surface area contributed by atoms with Gasteiger partial charge in [0.15, 0.2) is 5.82 Å². The summed E-state index contributed by atoms with van der Waals surface area (Å²) in [4.78, 5) is 15.7. The number of benzene rings is 11. The van der Waals surface area contributed by atoms with Gasteiger partial charge in [-0.3, -0.25) is 0 Å². The number of nitrogens with zero attached hydrogens (tertiary/aromatic N) is 4. The van der Waals surface area contributed by atoms with Gasteiger partial charge in [-0.15, -0.1) is 0 Å². The molecule has 0 N–H and O–H groups in total. The summed E-state index contributed by atoms with van der Waals surface area (Å²) in [6.45, 7) is -0.0825. The van der Waals surface area contributed by atoms with Crippen LogP contribution < -0.4 is 26.2 Å². The molecule has 67 heavy (non-hydrogen) atoms. The van der Waals surface area contributed by atoms with E-state index in [1.807, 2.05) is 6.07 Å². The van der Waals surface area contributed by atoms with Gasteiger partial charge in [-0.2, -0.15) is 0 Å². The van der Waals surface area contributed by atoms with E-state index in [9.17, 15) is 0 Å². The molecule has 14 rings (SSSR count). The Morgan fingerprint density at radius 2 is 0.716 bits per heavy atom. The zero-order valence-corrected chi connectivity index (χ0v) is 36.4. The van der Waals surface area contributed by atoms with E-state index < -0.39 is 0 Å². The standard InChI is InChI=1S/C62H39BN4/c1-5-19-42(20-6-1)55-39-56(65-62(64-55)43-21-7-2-8-22-43)46-35-59-61-60(36-46)67(48-25-11-4-12-26-48)58-38-52-45(32-30-41-18-14-16-28-50(41)52)34-54(58)63(61)53-33-44-31-29-40-17-13-15-27-49(40)51(44)37-57(53)66(59)47-23-9-3-10-24-47/h1-39H. The first-order chi connectivity index (χ1) is 33.2. The number of aromatic nitrogens is 2. The second-order valence-corrected chi connectivity index (χ2v) is 17.7. The van der Waals surface area contributed by atoms with Gasteiger partial charge in [0.25, 0.3) is 6.71 Å². The molecule has 0 saturated carbocycles. The molecule has 0 unspecified atom stereocenters. The van der Waals surface area contributed by atoms with E-state index in [0.717, 1.165) is 50.8 Å². The third-order valence-electron chi connectivity index (χ3n) is 13.9. The highest BCUT2D eigenvalue weighted by Crippen LogP contribution is 2.48. The molecule has 12 aromatic rings. The maximum Gasteiger partial charge on any atom is 0.252 e. The summed E-state index contributed by atoms with van der Waals surface area (Å²) in [5.74, 6) is 0.688. The monoisotopic (exact) mass is 850 g/mol. The molecule has 3 heterocycles. The Balaban J connectivity index is 1.13. The third kappa shape index (κ3) is 5.95. The van der Waals surface area contributed by atoms with Gasteiger partial charge in [-0.1, -0.05) is 182 Å². The molecule has 0 bridgehead atoms. The van der Waals surface area contributed by atoms with Crippen LogP contribution in [0.3, 0.4) is 0 Å². The van der Waals surface area contributed by atoms with E-state index in [4.69, 9.17) is 9.97 Å². The Bertz CT molecular complexity index is 3680. The number of anilines is 6. The first-order valence-electron chi connectivity index (χ1n) is 23.0. The molecule has 2 aliphatic rings. The molecule has 0 amide bonds. The van der Waals surface area contributed by atoms with Crippen molar-refractivity contribution in [2.75, 3.05) is 9.80 Å². The molecule has 0 spiro atoms. The van der Waals surface area contributed by atoms with Crippen molar-refractivity contribution in [1.29, 1.82) is 0 Å². The van der Waals surface area contributed by atoms with E-state index in [0.29, 0.717) is 5.82 Å². The molecule has 5 heteroatoms. The molecular weight excluding hydrogens is 812 g/mol. The molecule has 1 aromatic heterocycles. The zero-order chi connectivity index (χ0) is 44.0. The fourth-order valence-corrected chi connectivity index (χ4v) is 10.9. The summed E-state index contributed by atoms with van der Waals surface area (Å²) in [5.41, 5.74) is 15.4. The third-order valence-corrected chi connectivity index (χ3v) is 13.9. The number of para-hydroxylation sites is 2. The summed E-state index contributed by atoms with van der Waals surface area (Å²) in [6.07, 6.45) is 0. The van der Waals surface area contributed by atoms with Gasteiger partial charge in [-0.25, -0.2) is 9.97 Å². The summed E-state index contributed by atoms with van der Waals surface area (Å²) in [5, 5.41) is 9.89. The van der Waals surface area contributed by atoms with Crippen molar-refractivity contribution in [2.24, 2.45) is 0 Å². The lowest BCUT2D eigenvalue weighted by molar-refractivity contribution is 1.18. The van der Waals surface area contributed by atoms with Crippen LogP contribution in [0, 0.1) is 0 Å². The fraction of sp³-hybridized carbons (Fsp3) is 0. The predicted molar refractivity (Wildman–Crippen MR) is 282 cm³/mol. The normalized spacial score (nSPS) is 12.7. The van der Waals surface area contributed by atoms with Crippen LogP contribution in [0.25, 0.3) is 77.0 Å². The topological polar surface area (TPSA) is 32.3 Å². The lowest BCUT2D eigenvalue weighted by Crippen LogP contribution is -2.61. The molecular formula is C62H39BN4. The van der Waals surface area contributed by atoms with Gasteiger partial charge in [0.05, 0.1) is 11.4 Å². The molecule has 0 fully saturated rings. The van der Waals surface area contributed by atoms with E-state index in [1.54, 1.807) is 0 Å². The maximum atomic E-state index is 5.45. The fourth-order valence-electron chi connectivity index (χ4n) is 10.9. The minimum absolute atomic E-state index is 0.0825. The van der Waals surface area contributed by atoms with Gasteiger partial charge in [0, 0.05) is 50.8 Å². The Hall–Kier alpha value is -8.80. The van der Waals surface area contributed by atoms with E-state index >= 15 is 0 Å². The van der Waals surface area contributed by atoms with Crippen molar-refractivity contribution in [3.8, 4) is 33.9 Å². The molecule has 4 nitrogen and oxygen atoms in total. The summed E-state index contributed by atoms with van der Waals surface area (Å²) < 4.78 is 0. The van der Waals surface area contributed by atoms with Crippen molar-refractivity contribution in [1.82, 2.24) is 9.97 Å². The number of hydrogen-bond donors (Lipinski definition) is 0. The number of fused-ring (bicyclic) bond motifs is 10. The summed E-state index contributed by atoms with van der Waals surface area (Å²) >= 11 is 0. The van der Waals surface area contributed by atoms with Crippen LogP contribution in [0.5, 0.6) is 0 Å². The van der Waals surface area contributed by atoms with E-state index in [2.05, 4.69) is 240 Å². The van der Waals surface area contributed by atoms with Gasteiger partial charge >= 0.3 is 0 Å². The minimum Gasteiger partial charge on any atom is -0.311 e. The Labute approximate surface area is 388 Å². The maximum absolute atomic E-state index is 5.45. The predicted octanol–water partition coefficient (Wildman–Crippen LogP) is 14.2. The van der Waals surface area contributed by atoms with Crippen molar-refractivity contribution in [3.05, 3.63) is 237 Å². The first-order valence-corrected chi connectivity index (χ1v) is 23.0. The second kappa shape index (κ2) is 14.9. The Kier molecular flexibility index (Phi) is 8.34. The SMILES string of the molecule is c1ccc(-c2cc(-c3cc4c5c(c3)N(c3ccccc3)c3cc6c(ccc7ccccc76)cc3B5c3cc5ccc6ccccc6c5cc3N4c3ccccc3)nc(-c3ccccc3)n2)cc1. The van der Waals surface area contributed by atoms with Gasteiger partial charge in [0.2, 0.25) is 0 Å². The first kappa shape index (κ1) is 37.6. The van der Waals surface area contributed by atoms with Gasteiger partial charge in [0.1, 0.15) is 0 Å². The minimum atomic E-state index is -0.0825. The van der Waals surface area contributed by atoms with Crippen LogP contribution in [0.1, 0.15) is 0 Å². The number of rotatable bonds is 5. The smallest absolute Gasteiger partial charge is 0.252 e. The van der Waals surface area contributed by atoms with Crippen LogP contribution >= 0.6 is 0 Å². The van der Waals surface area contributed by atoms with Crippen LogP contribution in [0.2, 0.25) is 0 Å². The van der Waals surface area contributed by atoms with Crippen molar-refractivity contribution in [2.45, 2.75) is 0 Å². The van der Waals surface area contributed by atoms with E-state index in [-0.39, 0.29) is 6.71 Å². The lowest BCUT2D eigenvalue weighted by atomic mass is 9.33. The largest absolute Gasteiger partial charge is 0.311 e. The van der Waals surface area contributed by atoms with Gasteiger partial charge in [-0.05, 0) is 114 Å². The van der Waals surface area contributed by atoms with Gasteiger partial charge < -0.3 is 9.80 Å². The second-order valence-electron chi connectivity index (χ2n) is 17.7.